The second kappa shape index (κ2) is 8.22. The van der Waals surface area contributed by atoms with E-state index < -0.39 is 17.5 Å². The molecule has 0 aliphatic carbocycles. The molecule has 1 heterocycles. The van der Waals surface area contributed by atoms with Crippen LogP contribution in [0.5, 0.6) is 17.2 Å². The van der Waals surface area contributed by atoms with E-state index in [0.717, 1.165) is 29.5 Å². The summed E-state index contributed by atoms with van der Waals surface area (Å²) >= 11 is 1.08. The monoisotopic (exact) mass is 406 g/mol. The van der Waals surface area contributed by atoms with E-state index in [1.54, 1.807) is 6.07 Å². The van der Waals surface area contributed by atoms with Crippen LogP contribution in [0.3, 0.4) is 0 Å². The fourth-order valence-corrected chi connectivity index (χ4v) is 3.30. The molecule has 28 heavy (non-hydrogen) atoms. The van der Waals surface area contributed by atoms with Gasteiger partial charge in [-0.3, -0.25) is 10.1 Å². The minimum atomic E-state index is -0.605. The van der Waals surface area contributed by atoms with Crippen LogP contribution < -0.4 is 19.5 Å². The molecule has 0 bridgehead atoms. The van der Waals surface area contributed by atoms with Gasteiger partial charge in [0.05, 0.1) is 32.6 Å². The molecule has 0 saturated heterocycles. The second-order valence-corrected chi connectivity index (χ2v) is 6.36. The molecule has 1 amide bonds. The van der Waals surface area contributed by atoms with Gasteiger partial charge < -0.3 is 14.2 Å². The van der Waals surface area contributed by atoms with Gasteiger partial charge in [0.1, 0.15) is 11.6 Å². The number of halogens is 2. The first-order chi connectivity index (χ1) is 13.5. The SMILES string of the molecule is COc1ccc(C(=O)Nc2nc(-c3cc(F)ccc3F)cs2)c(OC)c1OC. The van der Waals surface area contributed by atoms with Gasteiger partial charge in [0.2, 0.25) is 5.75 Å². The number of nitrogens with zero attached hydrogens (tertiary/aromatic N) is 1. The van der Waals surface area contributed by atoms with Crippen molar-refractivity contribution < 1.29 is 27.8 Å². The molecule has 1 N–H and O–H groups in total. The molecule has 6 nitrogen and oxygen atoms in total. The summed E-state index contributed by atoms with van der Waals surface area (Å²) in [5.74, 6) is -0.796. The van der Waals surface area contributed by atoms with Gasteiger partial charge in [0, 0.05) is 10.9 Å². The average Bonchev–Trinajstić information content (AvgIpc) is 3.16. The molecule has 0 radical (unpaired) electrons. The van der Waals surface area contributed by atoms with Crippen molar-refractivity contribution in [2.45, 2.75) is 0 Å². The van der Waals surface area contributed by atoms with E-state index in [0.29, 0.717) is 5.75 Å². The van der Waals surface area contributed by atoms with Crippen molar-refractivity contribution in [2.75, 3.05) is 26.6 Å². The average molecular weight is 406 g/mol. The Labute approximate surface area is 163 Å². The summed E-state index contributed by atoms with van der Waals surface area (Å²) in [4.78, 5) is 16.8. The van der Waals surface area contributed by atoms with Crippen LogP contribution in [0.4, 0.5) is 13.9 Å². The zero-order valence-electron chi connectivity index (χ0n) is 15.2. The second-order valence-electron chi connectivity index (χ2n) is 5.50. The molecule has 0 unspecified atom stereocenters. The van der Waals surface area contributed by atoms with Crippen LogP contribution in [0.1, 0.15) is 10.4 Å². The van der Waals surface area contributed by atoms with Crippen LogP contribution in [-0.2, 0) is 0 Å². The van der Waals surface area contributed by atoms with E-state index in [9.17, 15) is 13.6 Å². The van der Waals surface area contributed by atoms with E-state index in [2.05, 4.69) is 10.3 Å². The number of rotatable bonds is 6. The zero-order chi connectivity index (χ0) is 20.3. The van der Waals surface area contributed by atoms with Crippen LogP contribution in [0.25, 0.3) is 11.3 Å². The first-order valence-electron chi connectivity index (χ1n) is 7.99. The summed E-state index contributed by atoms with van der Waals surface area (Å²) in [6, 6.07) is 6.20. The Morgan fingerprint density at radius 3 is 2.46 bits per heavy atom. The zero-order valence-corrected chi connectivity index (χ0v) is 16.0. The normalized spacial score (nSPS) is 10.5. The minimum Gasteiger partial charge on any atom is -0.493 e. The van der Waals surface area contributed by atoms with Crippen molar-refractivity contribution in [3.63, 3.8) is 0 Å². The number of amides is 1. The van der Waals surface area contributed by atoms with E-state index in [4.69, 9.17) is 14.2 Å². The van der Waals surface area contributed by atoms with Gasteiger partial charge in [0.15, 0.2) is 16.6 Å². The third-order valence-corrected chi connectivity index (χ3v) is 4.64. The number of carbonyl (C=O) groups is 1. The van der Waals surface area contributed by atoms with Gasteiger partial charge in [-0.05, 0) is 30.3 Å². The maximum absolute atomic E-state index is 13.9. The molecule has 0 fully saturated rings. The Bertz CT molecular complexity index is 1020. The molecule has 0 aliphatic heterocycles. The standard InChI is InChI=1S/C19H16F2N2O4S/c1-25-15-7-5-11(16(26-2)17(15)27-3)18(24)23-19-22-14(9-28-19)12-8-10(20)4-6-13(12)21/h4-9H,1-3H3,(H,22,23,24). The molecule has 3 rings (SSSR count). The smallest absolute Gasteiger partial charge is 0.261 e. The summed E-state index contributed by atoms with van der Waals surface area (Å²) in [7, 11) is 4.31. The Morgan fingerprint density at radius 1 is 1.04 bits per heavy atom. The maximum atomic E-state index is 13.9. The molecule has 2 aromatic carbocycles. The number of benzene rings is 2. The molecule has 9 heteroatoms. The highest BCUT2D eigenvalue weighted by molar-refractivity contribution is 7.14. The summed E-state index contributed by atoms with van der Waals surface area (Å²) in [6.07, 6.45) is 0. The lowest BCUT2D eigenvalue weighted by atomic mass is 10.1. The molecule has 0 spiro atoms. The number of methoxy groups -OCH3 is 3. The number of thiazole rings is 1. The number of hydrogen-bond donors (Lipinski definition) is 1. The topological polar surface area (TPSA) is 69.7 Å². The lowest BCUT2D eigenvalue weighted by Crippen LogP contribution is -2.13. The Hall–Kier alpha value is -3.20. The number of carbonyl (C=O) groups excluding carboxylic acids is 1. The van der Waals surface area contributed by atoms with Crippen LogP contribution in [0, 0.1) is 11.6 Å². The molecule has 0 aliphatic rings. The lowest BCUT2D eigenvalue weighted by molar-refractivity contribution is 0.102. The van der Waals surface area contributed by atoms with Crippen molar-refractivity contribution >= 4 is 22.4 Å². The van der Waals surface area contributed by atoms with E-state index in [-0.39, 0.29) is 33.5 Å². The van der Waals surface area contributed by atoms with Gasteiger partial charge in [-0.2, -0.15) is 0 Å². The van der Waals surface area contributed by atoms with E-state index >= 15 is 0 Å². The number of ether oxygens (including phenoxy) is 3. The predicted octanol–water partition coefficient (Wildman–Crippen LogP) is 4.37. The van der Waals surface area contributed by atoms with E-state index in [1.807, 2.05) is 0 Å². The lowest BCUT2D eigenvalue weighted by Gasteiger charge is -2.15. The van der Waals surface area contributed by atoms with Crippen LogP contribution in [0.2, 0.25) is 0 Å². The number of hydrogen-bond acceptors (Lipinski definition) is 6. The van der Waals surface area contributed by atoms with Crippen molar-refractivity contribution in [3.05, 3.63) is 52.9 Å². The molecule has 0 atom stereocenters. The molecule has 1 aromatic heterocycles. The van der Waals surface area contributed by atoms with Crippen molar-refractivity contribution in [2.24, 2.45) is 0 Å². The van der Waals surface area contributed by atoms with Gasteiger partial charge in [-0.15, -0.1) is 11.3 Å². The highest BCUT2D eigenvalue weighted by atomic mass is 32.1. The molecular formula is C19H16F2N2O4S. The predicted molar refractivity (Wildman–Crippen MR) is 102 cm³/mol. The van der Waals surface area contributed by atoms with Crippen molar-refractivity contribution in [1.82, 2.24) is 4.98 Å². The molecule has 146 valence electrons. The molecule has 0 saturated carbocycles. The highest BCUT2D eigenvalue weighted by Gasteiger charge is 2.21. The van der Waals surface area contributed by atoms with Gasteiger partial charge in [0.25, 0.3) is 5.91 Å². The maximum Gasteiger partial charge on any atom is 0.261 e. The summed E-state index contributed by atoms with van der Waals surface area (Å²) in [5, 5.41) is 4.37. The number of anilines is 1. The summed E-state index contributed by atoms with van der Waals surface area (Å²) < 4.78 is 43.1. The molecule has 3 aromatic rings. The van der Waals surface area contributed by atoms with Gasteiger partial charge in [-0.25, -0.2) is 13.8 Å². The van der Waals surface area contributed by atoms with Gasteiger partial charge in [-0.1, -0.05) is 0 Å². The Balaban J connectivity index is 1.89. The first-order valence-corrected chi connectivity index (χ1v) is 8.87. The fourth-order valence-electron chi connectivity index (χ4n) is 2.59. The van der Waals surface area contributed by atoms with Crippen molar-refractivity contribution in [1.29, 1.82) is 0 Å². The third kappa shape index (κ3) is 3.74. The van der Waals surface area contributed by atoms with Crippen LogP contribution in [0.15, 0.2) is 35.7 Å². The number of aromatic nitrogens is 1. The third-order valence-electron chi connectivity index (χ3n) is 3.88. The summed E-state index contributed by atoms with van der Waals surface area (Å²) in [6.45, 7) is 0. The summed E-state index contributed by atoms with van der Waals surface area (Å²) in [5.41, 5.74) is 0.436. The van der Waals surface area contributed by atoms with Crippen LogP contribution in [-0.4, -0.2) is 32.2 Å². The minimum absolute atomic E-state index is 0.0143. The molecular weight excluding hydrogens is 390 g/mol. The first kappa shape index (κ1) is 19.6. The van der Waals surface area contributed by atoms with Gasteiger partial charge >= 0.3 is 0 Å². The van der Waals surface area contributed by atoms with Crippen LogP contribution >= 0.6 is 11.3 Å². The highest BCUT2D eigenvalue weighted by Crippen LogP contribution is 2.40. The fraction of sp³-hybridized carbons (Fsp3) is 0.158. The largest absolute Gasteiger partial charge is 0.493 e. The quantitative estimate of drug-likeness (QED) is 0.659. The van der Waals surface area contributed by atoms with Crippen molar-refractivity contribution in [3.8, 4) is 28.5 Å². The number of nitrogens with one attached hydrogen (secondary N) is 1. The Morgan fingerprint density at radius 2 is 1.79 bits per heavy atom. The Kier molecular flexibility index (Phi) is 5.74. The van der Waals surface area contributed by atoms with E-state index in [1.165, 1.54) is 32.8 Å².